The van der Waals surface area contributed by atoms with Crippen molar-refractivity contribution in [3.63, 3.8) is 0 Å². The van der Waals surface area contributed by atoms with Crippen molar-refractivity contribution < 1.29 is 13.5 Å². The summed E-state index contributed by atoms with van der Waals surface area (Å²) >= 11 is 0. The summed E-state index contributed by atoms with van der Waals surface area (Å²) < 4.78 is 33.5. The van der Waals surface area contributed by atoms with Crippen LogP contribution in [0.5, 0.6) is 5.75 Å². The molecule has 124 valence electrons. The Hall–Kier alpha value is -1.90. The largest absolute Gasteiger partial charge is 0.486 e. The molecule has 0 aliphatic heterocycles. The minimum Gasteiger partial charge on any atom is -0.486 e. The van der Waals surface area contributed by atoms with Gasteiger partial charge in [-0.25, -0.2) is 4.39 Å². The lowest BCUT2D eigenvalue weighted by atomic mass is 9.86. The fraction of sp³-hybridized carbons (Fsp3) is 0.400. The normalized spacial score (nSPS) is 18.0. The molecule has 3 heteroatoms. The van der Waals surface area contributed by atoms with Gasteiger partial charge < -0.3 is 4.74 Å². The number of rotatable bonds is 7. The third-order valence-electron chi connectivity index (χ3n) is 4.06. The zero-order valence-corrected chi connectivity index (χ0v) is 13.7. The highest BCUT2D eigenvalue weighted by Crippen LogP contribution is 2.34. The molecule has 1 atom stereocenters. The molecular formula is C20H24F2O. The average molecular weight is 318 g/mol. The fourth-order valence-electron chi connectivity index (χ4n) is 2.77. The number of allylic oxidation sites excluding steroid dienone is 4. The van der Waals surface area contributed by atoms with Crippen molar-refractivity contribution in [2.75, 3.05) is 6.61 Å². The number of hydrogen-bond donors (Lipinski definition) is 0. The number of halogens is 2. The van der Waals surface area contributed by atoms with E-state index in [1.54, 1.807) is 6.07 Å². The molecule has 0 radical (unpaired) electrons. The molecule has 1 aromatic carbocycles. The molecule has 2 rings (SSSR count). The van der Waals surface area contributed by atoms with E-state index in [0.29, 0.717) is 11.5 Å². The van der Waals surface area contributed by atoms with Gasteiger partial charge in [-0.3, -0.25) is 0 Å². The van der Waals surface area contributed by atoms with Crippen LogP contribution in [0.2, 0.25) is 0 Å². The Labute approximate surface area is 137 Å². The standard InChI is InChI=1S/C20H24F2O/c1-3-5-6-7-15-8-10-16(11-9-15)17-12-13-18(23-14-4-2)20(22)19(17)21/h4,6-7,10,12-13,15H,2-3,5,8-9,11,14H2,1H3/b7-6+. The van der Waals surface area contributed by atoms with Crippen molar-refractivity contribution in [2.24, 2.45) is 5.92 Å². The zero-order valence-electron chi connectivity index (χ0n) is 13.7. The molecular weight excluding hydrogens is 294 g/mol. The summed E-state index contributed by atoms with van der Waals surface area (Å²) in [5.74, 6) is -1.30. The first-order valence-electron chi connectivity index (χ1n) is 8.25. The third kappa shape index (κ3) is 4.54. The molecule has 0 spiro atoms. The van der Waals surface area contributed by atoms with Crippen LogP contribution in [0, 0.1) is 17.6 Å². The molecule has 0 saturated carbocycles. The lowest BCUT2D eigenvalue weighted by Gasteiger charge is -2.20. The lowest BCUT2D eigenvalue weighted by Crippen LogP contribution is -2.05. The van der Waals surface area contributed by atoms with Gasteiger partial charge in [0.05, 0.1) is 0 Å². The average Bonchev–Trinajstić information content (AvgIpc) is 2.57. The highest BCUT2D eigenvalue weighted by molar-refractivity contribution is 5.67. The van der Waals surface area contributed by atoms with E-state index in [4.69, 9.17) is 4.74 Å². The zero-order chi connectivity index (χ0) is 16.7. The molecule has 0 N–H and O–H groups in total. The smallest absolute Gasteiger partial charge is 0.201 e. The summed E-state index contributed by atoms with van der Waals surface area (Å²) in [6, 6.07) is 3.10. The molecule has 1 unspecified atom stereocenters. The topological polar surface area (TPSA) is 9.23 Å². The molecule has 0 bridgehead atoms. The third-order valence-corrected chi connectivity index (χ3v) is 4.06. The van der Waals surface area contributed by atoms with Crippen LogP contribution in [0.1, 0.15) is 44.6 Å². The van der Waals surface area contributed by atoms with Gasteiger partial charge in [0.2, 0.25) is 5.82 Å². The summed E-state index contributed by atoms with van der Waals surface area (Å²) in [6.07, 6.45) is 12.9. The van der Waals surface area contributed by atoms with E-state index in [1.165, 1.54) is 12.1 Å². The molecule has 23 heavy (non-hydrogen) atoms. The number of benzene rings is 1. The fourth-order valence-corrected chi connectivity index (χ4v) is 2.77. The van der Waals surface area contributed by atoms with Crippen molar-refractivity contribution in [2.45, 2.75) is 39.0 Å². The Kier molecular flexibility index (Phi) is 6.57. The molecule has 1 aromatic rings. The molecule has 0 saturated heterocycles. The summed E-state index contributed by atoms with van der Waals surface area (Å²) in [6.45, 7) is 5.81. The van der Waals surface area contributed by atoms with Gasteiger partial charge >= 0.3 is 0 Å². The first-order chi connectivity index (χ1) is 11.2. The monoisotopic (exact) mass is 318 g/mol. The number of ether oxygens (including phenoxy) is 1. The lowest BCUT2D eigenvalue weighted by molar-refractivity contribution is 0.332. The molecule has 0 heterocycles. The van der Waals surface area contributed by atoms with Crippen molar-refractivity contribution >= 4 is 5.57 Å². The van der Waals surface area contributed by atoms with E-state index < -0.39 is 11.6 Å². The van der Waals surface area contributed by atoms with Gasteiger partial charge in [-0.1, -0.05) is 44.2 Å². The van der Waals surface area contributed by atoms with Crippen LogP contribution in [0.3, 0.4) is 0 Å². The maximum absolute atomic E-state index is 14.3. The van der Waals surface area contributed by atoms with Gasteiger partial charge in [0.1, 0.15) is 6.61 Å². The predicted molar refractivity (Wildman–Crippen MR) is 91.4 cm³/mol. The van der Waals surface area contributed by atoms with Crippen molar-refractivity contribution in [1.29, 1.82) is 0 Å². The maximum Gasteiger partial charge on any atom is 0.201 e. The molecule has 0 amide bonds. The minimum atomic E-state index is -0.921. The summed E-state index contributed by atoms with van der Waals surface area (Å²) in [7, 11) is 0. The van der Waals surface area contributed by atoms with Crippen molar-refractivity contribution in [3.8, 4) is 5.75 Å². The van der Waals surface area contributed by atoms with Crippen molar-refractivity contribution in [3.05, 3.63) is 60.2 Å². The van der Waals surface area contributed by atoms with Crippen LogP contribution in [-0.4, -0.2) is 6.61 Å². The number of unbranched alkanes of at least 4 members (excludes halogenated alkanes) is 1. The Bertz CT molecular complexity index is 602. The van der Waals surface area contributed by atoms with Gasteiger partial charge in [0.25, 0.3) is 0 Å². The second-order valence-corrected chi connectivity index (χ2v) is 5.82. The van der Waals surface area contributed by atoms with E-state index in [1.807, 2.05) is 6.08 Å². The summed E-state index contributed by atoms with van der Waals surface area (Å²) in [5, 5.41) is 0. The quantitative estimate of drug-likeness (QED) is 0.554. The highest BCUT2D eigenvalue weighted by Gasteiger charge is 2.20. The van der Waals surface area contributed by atoms with Crippen LogP contribution in [-0.2, 0) is 0 Å². The highest BCUT2D eigenvalue weighted by atomic mass is 19.2. The predicted octanol–water partition coefficient (Wildman–Crippen LogP) is 6.07. The molecule has 0 aromatic heterocycles. The molecule has 1 aliphatic rings. The Balaban J connectivity index is 2.10. The molecule has 0 fully saturated rings. The number of hydrogen-bond acceptors (Lipinski definition) is 1. The van der Waals surface area contributed by atoms with E-state index in [9.17, 15) is 8.78 Å². The van der Waals surface area contributed by atoms with Crippen LogP contribution < -0.4 is 4.74 Å². The van der Waals surface area contributed by atoms with E-state index >= 15 is 0 Å². The Morgan fingerprint density at radius 2 is 2.13 bits per heavy atom. The van der Waals surface area contributed by atoms with Crippen LogP contribution in [0.25, 0.3) is 5.57 Å². The second kappa shape index (κ2) is 8.66. The van der Waals surface area contributed by atoms with E-state index in [2.05, 4.69) is 25.7 Å². The molecule has 1 aliphatic carbocycles. The van der Waals surface area contributed by atoms with Gasteiger partial charge in [-0.05, 0) is 49.3 Å². The van der Waals surface area contributed by atoms with Crippen molar-refractivity contribution in [1.82, 2.24) is 0 Å². The Morgan fingerprint density at radius 1 is 1.30 bits per heavy atom. The van der Waals surface area contributed by atoms with E-state index in [-0.39, 0.29) is 12.4 Å². The van der Waals surface area contributed by atoms with Gasteiger partial charge in [-0.15, -0.1) is 0 Å². The van der Waals surface area contributed by atoms with Crippen LogP contribution >= 0.6 is 0 Å². The van der Waals surface area contributed by atoms with Gasteiger partial charge in [0, 0.05) is 5.56 Å². The van der Waals surface area contributed by atoms with Crippen LogP contribution in [0.4, 0.5) is 8.78 Å². The molecule has 1 nitrogen and oxygen atoms in total. The maximum atomic E-state index is 14.3. The van der Waals surface area contributed by atoms with Crippen LogP contribution in [0.15, 0.2) is 43.0 Å². The first kappa shape index (κ1) is 17.5. The summed E-state index contributed by atoms with van der Waals surface area (Å²) in [5.41, 5.74) is 1.24. The SMILES string of the molecule is C=CCOc1ccc(C2=CCC(/C=C/CCC)CC2)c(F)c1F. The van der Waals surface area contributed by atoms with Gasteiger partial charge in [0.15, 0.2) is 11.6 Å². The first-order valence-corrected chi connectivity index (χ1v) is 8.25. The Morgan fingerprint density at radius 3 is 2.78 bits per heavy atom. The second-order valence-electron chi connectivity index (χ2n) is 5.82. The van der Waals surface area contributed by atoms with E-state index in [0.717, 1.165) is 37.7 Å². The summed E-state index contributed by atoms with van der Waals surface area (Å²) in [4.78, 5) is 0. The van der Waals surface area contributed by atoms with Gasteiger partial charge in [-0.2, -0.15) is 4.39 Å². The minimum absolute atomic E-state index is 0.0667.